The number of likely N-dealkylation sites (tertiary alicyclic amines) is 3. The second-order valence-corrected chi connectivity index (χ2v) is 35.7. The van der Waals surface area contributed by atoms with Crippen LogP contribution in [0.15, 0.2) is 67.4 Å². The van der Waals surface area contributed by atoms with Crippen molar-refractivity contribution in [2.75, 3.05) is 147 Å². The van der Waals surface area contributed by atoms with E-state index in [4.69, 9.17) is 20.8 Å². The minimum atomic E-state index is -1.12. The van der Waals surface area contributed by atoms with Crippen LogP contribution in [-0.4, -0.2) is 195 Å². The van der Waals surface area contributed by atoms with Crippen molar-refractivity contribution in [3.8, 4) is 12.1 Å². The van der Waals surface area contributed by atoms with Gasteiger partial charge in [0.25, 0.3) is 5.70 Å². The molecule has 0 saturated carbocycles. The average molecular weight is 1420 g/mol. The molecule has 3 aliphatic carbocycles. The lowest BCUT2D eigenvalue weighted by Gasteiger charge is -2.39. The maximum absolute atomic E-state index is 14.8. The molecule has 0 atom stereocenters. The van der Waals surface area contributed by atoms with Crippen molar-refractivity contribution in [2.24, 2.45) is 22.2 Å². The number of hydrogen-bond donors (Lipinski definition) is 0. The summed E-state index contributed by atoms with van der Waals surface area (Å²) in [5, 5.41) is 21.4. The Kier molecular flexibility index (Phi) is 32.6. The quantitative estimate of drug-likeness (QED) is 0.0150. The summed E-state index contributed by atoms with van der Waals surface area (Å²) in [6.07, 6.45) is 14.4. The van der Waals surface area contributed by atoms with E-state index in [9.17, 15) is 39.3 Å². The molecule has 0 unspecified atom stereocenters. The Morgan fingerprint density at radius 2 is 0.736 bits per heavy atom. The Bertz CT molecular complexity index is 2640. The lowest BCUT2D eigenvalue weighted by molar-refractivity contribution is -0.148. The van der Waals surface area contributed by atoms with E-state index in [0.29, 0.717) is 70.0 Å². The molecular formula is C67H94N6O9S9. The number of rotatable bonds is 33. The van der Waals surface area contributed by atoms with Crippen LogP contribution < -0.4 is 0 Å². The van der Waals surface area contributed by atoms with E-state index in [1.54, 1.807) is 70.6 Å². The van der Waals surface area contributed by atoms with Gasteiger partial charge in [0, 0.05) is 131 Å². The van der Waals surface area contributed by atoms with Gasteiger partial charge >= 0.3 is 17.9 Å². The molecule has 500 valence electrons. The number of ether oxygens (including phenoxy) is 3. The van der Waals surface area contributed by atoms with Gasteiger partial charge in [-0.15, -0.1) is 0 Å². The zero-order chi connectivity index (χ0) is 66.1. The number of carbonyl (C=O) groups excluding carboxylic acids is 6. The van der Waals surface area contributed by atoms with Crippen LogP contribution in [0.25, 0.3) is 4.85 Å². The first-order valence-electron chi connectivity index (χ1n) is 31.7. The Balaban J connectivity index is 1.38. The van der Waals surface area contributed by atoms with E-state index in [2.05, 4.69) is 92.0 Å². The molecule has 0 bridgehead atoms. The lowest BCUT2D eigenvalue weighted by atomic mass is 9.72. The lowest BCUT2D eigenvalue weighted by Crippen LogP contribution is -2.33. The molecule has 0 aromatic rings. The molecule has 0 amide bonds. The molecule has 3 fully saturated rings. The molecule has 3 heterocycles. The molecule has 3 saturated heterocycles. The van der Waals surface area contributed by atoms with Crippen molar-refractivity contribution in [3.63, 3.8) is 0 Å². The van der Waals surface area contributed by atoms with Crippen LogP contribution in [0.2, 0.25) is 0 Å². The third kappa shape index (κ3) is 23.0. The number of allylic oxidation sites excluding steroid dienone is 6. The summed E-state index contributed by atoms with van der Waals surface area (Å²) in [6, 6.07) is 4.25. The summed E-state index contributed by atoms with van der Waals surface area (Å²) in [6.45, 7) is 23.7. The van der Waals surface area contributed by atoms with E-state index in [-0.39, 0.29) is 51.5 Å². The van der Waals surface area contributed by atoms with E-state index < -0.39 is 59.9 Å². The third-order valence-electron chi connectivity index (χ3n) is 16.6. The van der Waals surface area contributed by atoms with Crippen LogP contribution in [-0.2, 0) is 43.0 Å². The van der Waals surface area contributed by atoms with Gasteiger partial charge in [0.05, 0.1) is 30.2 Å². The summed E-state index contributed by atoms with van der Waals surface area (Å²) in [5.74, 6) is 5.67. The Labute approximate surface area is 581 Å². The Hall–Kier alpha value is -3.12. The molecule has 15 nitrogen and oxygen atoms in total. The van der Waals surface area contributed by atoms with Gasteiger partial charge in [-0.25, -0.2) is 14.4 Å². The molecule has 6 aliphatic rings. The van der Waals surface area contributed by atoms with Crippen LogP contribution >= 0.6 is 106 Å². The fourth-order valence-electron chi connectivity index (χ4n) is 12.3. The highest BCUT2D eigenvalue weighted by atomic mass is 32.2. The summed E-state index contributed by atoms with van der Waals surface area (Å²) < 4.78 is 18.2. The molecule has 91 heavy (non-hydrogen) atoms. The monoisotopic (exact) mass is 1410 g/mol. The molecule has 0 radical (unpaired) electrons. The minimum Gasteiger partial charge on any atom is -0.470 e. The van der Waals surface area contributed by atoms with Gasteiger partial charge in [0.2, 0.25) is 15.3 Å². The zero-order valence-electron chi connectivity index (χ0n) is 54.9. The van der Waals surface area contributed by atoms with Crippen molar-refractivity contribution in [1.29, 1.82) is 10.5 Å². The van der Waals surface area contributed by atoms with Gasteiger partial charge in [-0.3, -0.25) is 19.2 Å². The van der Waals surface area contributed by atoms with Crippen molar-refractivity contribution in [3.05, 3.63) is 78.8 Å². The summed E-state index contributed by atoms with van der Waals surface area (Å²) in [7, 11) is 0. The van der Waals surface area contributed by atoms with Crippen molar-refractivity contribution in [1.82, 2.24) is 14.7 Å². The second-order valence-electron chi connectivity index (χ2n) is 25.9. The normalized spacial score (nSPS) is 20.5. The van der Waals surface area contributed by atoms with Crippen molar-refractivity contribution < 1.29 is 43.0 Å². The molecule has 0 N–H and O–H groups in total. The van der Waals surface area contributed by atoms with Crippen molar-refractivity contribution in [2.45, 2.75) is 119 Å². The second kappa shape index (κ2) is 38.6. The molecule has 0 aromatic carbocycles. The number of esters is 3. The molecule has 0 spiro atoms. The van der Waals surface area contributed by atoms with Gasteiger partial charge in [-0.1, -0.05) is 76.8 Å². The van der Waals surface area contributed by atoms with Gasteiger partial charge in [-0.05, 0) is 129 Å². The third-order valence-corrected chi connectivity index (χ3v) is 25.6. The van der Waals surface area contributed by atoms with E-state index in [0.717, 1.165) is 147 Å². The number of nitriles is 2. The molecule has 6 rings (SSSR count). The van der Waals surface area contributed by atoms with E-state index in [1.807, 2.05) is 0 Å². The molecule has 3 aliphatic heterocycles. The van der Waals surface area contributed by atoms with Crippen molar-refractivity contribution >= 4 is 139 Å². The van der Waals surface area contributed by atoms with Gasteiger partial charge in [-0.2, -0.15) is 81.1 Å². The first-order valence-corrected chi connectivity index (χ1v) is 42.3. The molecule has 0 aromatic heterocycles. The highest BCUT2D eigenvalue weighted by Gasteiger charge is 2.43. The van der Waals surface area contributed by atoms with E-state index in [1.165, 1.54) is 35.3 Å². The molecule has 24 heteroatoms. The maximum Gasteiger partial charge on any atom is 0.349 e. The fraction of sp³-hybridized carbons (Fsp3) is 0.687. The van der Waals surface area contributed by atoms with Crippen LogP contribution in [0.5, 0.6) is 0 Å². The predicted octanol–water partition coefficient (Wildman–Crippen LogP) is 13.6. The number of thioether (sulfide) groups is 9. The highest BCUT2D eigenvalue weighted by molar-refractivity contribution is 8.15. The van der Waals surface area contributed by atoms with Gasteiger partial charge < -0.3 is 28.9 Å². The zero-order valence-corrected chi connectivity index (χ0v) is 62.3. The average Bonchev–Trinajstić information content (AvgIpc) is 1.61. The molecular weight excluding hydrogens is 1320 g/mol. The van der Waals surface area contributed by atoms with Gasteiger partial charge in [0.1, 0.15) is 36.5 Å². The number of carbonyl (C=O) groups is 6. The van der Waals surface area contributed by atoms with E-state index >= 15 is 0 Å². The largest absolute Gasteiger partial charge is 0.470 e. The number of nitrogens with zero attached hydrogens (tertiary/aromatic N) is 6. The Morgan fingerprint density at radius 1 is 0.451 bits per heavy atom. The minimum absolute atomic E-state index is 0.200. The SMILES string of the molecule is [C-]#[N+]/C(C(=O)OCC(COC(=O)/C(C#N)=C1\CC(C)(C)CC(N2CCCC2)=C1C(=O)SCCSCCSC)COC(=O)/C(C#N)=C1\CC(C)(C)CC(N2CCCC2)=C1C(=O)SCCSCCSC)=C1/CC(C)(C)CC(N2CCCC2)=C1C(=O)SCCSCCSC. The summed E-state index contributed by atoms with van der Waals surface area (Å²) >= 11 is 14.2. The maximum atomic E-state index is 14.8. The smallest absolute Gasteiger partial charge is 0.349 e. The van der Waals surface area contributed by atoms with Crippen LogP contribution in [0.4, 0.5) is 0 Å². The fourth-order valence-corrected chi connectivity index (χ4v) is 20.5. The van der Waals surface area contributed by atoms with Crippen LogP contribution in [0, 0.1) is 51.4 Å². The topological polar surface area (TPSA) is 192 Å². The predicted molar refractivity (Wildman–Crippen MR) is 387 cm³/mol. The van der Waals surface area contributed by atoms with Crippen LogP contribution in [0.3, 0.4) is 0 Å². The first kappa shape index (κ1) is 76.9. The van der Waals surface area contributed by atoms with Crippen LogP contribution in [0.1, 0.15) is 119 Å². The Morgan fingerprint density at radius 3 is 1.03 bits per heavy atom. The highest BCUT2D eigenvalue weighted by Crippen LogP contribution is 2.50. The number of hydrogen-bond acceptors (Lipinski definition) is 23. The van der Waals surface area contributed by atoms with Gasteiger partial charge in [0.15, 0.2) is 0 Å². The summed E-state index contributed by atoms with van der Waals surface area (Å²) in [4.78, 5) is 98.5. The standard InChI is InChI=1S/C67H94N6O9S9/c1-65(2)35-47(55(52(38-65)71-17-11-12-18-71)62(77)89-32-29-86-26-23-83-8)50(41-68)59(74)80-43-46(44-81-60(75)51(42-69)48-36-66(3,4)39-53(72-19-13-14-20-72)56(48)63(78)90-33-30-87-27-24-84-9)45-82-61(76)58(70-7)49-37-67(5,6)40-54(73-21-15-16-22-73)57(49)64(79)91-34-31-88-28-25-85-10/h46H,11-40,43-45H2,1-6,8-10H3/b50-47+,51-48+,58-49-. The first-order chi connectivity index (χ1) is 43.6. The summed E-state index contributed by atoms with van der Waals surface area (Å²) in [5.41, 5.74) is 2.23.